The molecule has 7 heteroatoms. The maximum absolute atomic E-state index is 14.1. The Kier molecular flexibility index (Phi) is 6.53. The Hall–Kier alpha value is -4.26. The molecule has 1 saturated heterocycles. The second-order valence-corrected chi connectivity index (χ2v) is 11.2. The van der Waals surface area contributed by atoms with E-state index in [0.717, 1.165) is 39.1 Å². The Labute approximate surface area is 233 Å². The molecule has 1 N–H and O–H groups in total. The first kappa shape index (κ1) is 26.0. The van der Waals surface area contributed by atoms with Gasteiger partial charge in [0.15, 0.2) is 6.61 Å². The number of hydrogen-bond acceptors (Lipinski definition) is 5. The summed E-state index contributed by atoms with van der Waals surface area (Å²) >= 11 is 0. The molecule has 3 aromatic carbocycles. The van der Waals surface area contributed by atoms with Crippen molar-refractivity contribution in [2.75, 3.05) is 11.9 Å². The van der Waals surface area contributed by atoms with Crippen molar-refractivity contribution in [2.24, 2.45) is 17.8 Å². The van der Waals surface area contributed by atoms with Gasteiger partial charge in [-0.3, -0.25) is 19.3 Å². The minimum absolute atomic E-state index is 0.252. The van der Waals surface area contributed by atoms with Gasteiger partial charge in [-0.25, -0.2) is 4.79 Å². The van der Waals surface area contributed by atoms with Gasteiger partial charge in [-0.2, -0.15) is 0 Å². The average molecular weight is 537 g/mol. The van der Waals surface area contributed by atoms with Gasteiger partial charge < -0.3 is 10.1 Å². The summed E-state index contributed by atoms with van der Waals surface area (Å²) in [5.41, 5.74) is 6.03. The van der Waals surface area contributed by atoms with Crippen molar-refractivity contribution >= 4 is 29.4 Å². The fourth-order valence-electron chi connectivity index (χ4n) is 6.89. The topological polar surface area (TPSA) is 92.8 Å². The zero-order valence-corrected chi connectivity index (χ0v) is 22.8. The Balaban J connectivity index is 1.24. The number of nitrogens with zero attached hydrogens (tertiary/aromatic N) is 1. The van der Waals surface area contributed by atoms with E-state index in [0.29, 0.717) is 5.69 Å². The van der Waals surface area contributed by atoms with Gasteiger partial charge in [0.2, 0.25) is 11.8 Å². The molecule has 0 unspecified atom stereocenters. The van der Waals surface area contributed by atoms with E-state index in [1.54, 1.807) is 26.0 Å². The van der Waals surface area contributed by atoms with Gasteiger partial charge in [0.25, 0.3) is 5.91 Å². The molecule has 0 aromatic heterocycles. The number of imide groups is 1. The fourth-order valence-corrected chi connectivity index (χ4v) is 6.89. The average Bonchev–Trinajstić information content (AvgIpc) is 3.22. The number of carbonyl (C=O) groups excluding carboxylic acids is 4. The molecule has 0 spiro atoms. The summed E-state index contributed by atoms with van der Waals surface area (Å²) in [4.78, 5) is 55.2. The maximum atomic E-state index is 14.1. The number of rotatable bonds is 7. The highest BCUT2D eigenvalue weighted by atomic mass is 16.5. The van der Waals surface area contributed by atoms with E-state index in [2.05, 4.69) is 5.32 Å². The van der Waals surface area contributed by atoms with Gasteiger partial charge in [-0.05, 0) is 52.3 Å². The van der Waals surface area contributed by atoms with Gasteiger partial charge in [0, 0.05) is 17.5 Å². The van der Waals surface area contributed by atoms with Crippen LogP contribution in [0.3, 0.4) is 0 Å². The second-order valence-electron chi connectivity index (χ2n) is 11.2. The van der Waals surface area contributed by atoms with Crippen molar-refractivity contribution < 1.29 is 23.9 Å². The first-order chi connectivity index (χ1) is 19.3. The fraction of sp³-hybridized carbons (Fsp3) is 0.333. The first-order valence-corrected chi connectivity index (χ1v) is 13.9. The van der Waals surface area contributed by atoms with E-state index >= 15 is 0 Å². The van der Waals surface area contributed by atoms with Crippen LogP contribution in [-0.4, -0.2) is 41.2 Å². The number of amides is 3. The van der Waals surface area contributed by atoms with Crippen molar-refractivity contribution in [3.8, 4) is 0 Å². The van der Waals surface area contributed by atoms with E-state index in [-0.39, 0.29) is 23.7 Å². The Morgan fingerprint density at radius 1 is 0.800 bits per heavy atom. The standard InChI is InChI=1S/C33H32N2O5/c1-4-19-13-15-20(16-14-19)34-25(36)17-40-33(39)30(18(2)3)35-31(37)28-26-21-9-5-6-10-22(21)27(29(28)32(35)38)24-12-8-7-11-23(24)26/h5-16,18,26-30H,4,17H2,1-3H3,(H,34,36)/t26?,27?,28-,29+,30-/m0/s1. The lowest BCUT2D eigenvalue weighted by molar-refractivity contribution is -0.162. The van der Waals surface area contributed by atoms with Gasteiger partial charge in [-0.15, -0.1) is 0 Å². The summed E-state index contributed by atoms with van der Waals surface area (Å²) in [5.74, 6) is -3.99. The number of nitrogens with one attached hydrogen (secondary N) is 1. The summed E-state index contributed by atoms with van der Waals surface area (Å²) in [6, 6.07) is 22.4. The van der Waals surface area contributed by atoms with Crippen molar-refractivity contribution in [2.45, 2.75) is 45.1 Å². The van der Waals surface area contributed by atoms with Crippen molar-refractivity contribution in [1.82, 2.24) is 4.90 Å². The highest BCUT2D eigenvalue weighted by Crippen LogP contribution is 2.61. The zero-order valence-electron chi connectivity index (χ0n) is 22.8. The van der Waals surface area contributed by atoms with Crippen LogP contribution >= 0.6 is 0 Å². The predicted octanol–water partition coefficient (Wildman–Crippen LogP) is 4.65. The first-order valence-electron chi connectivity index (χ1n) is 13.9. The lowest BCUT2D eigenvalue weighted by atomic mass is 9.55. The van der Waals surface area contributed by atoms with Gasteiger partial charge in [-0.1, -0.05) is 81.4 Å². The maximum Gasteiger partial charge on any atom is 0.330 e. The van der Waals surface area contributed by atoms with E-state index in [4.69, 9.17) is 4.74 Å². The SMILES string of the molecule is CCc1ccc(NC(=O)COC(=O)[C@H](C(C)C)N2C(=O)[C@@H]3C4c5ccccc5C(c5ccccc54)[C@@H]3C2=O)cc1. The molecule has 7 rings (SSSR count). The van der Waals surface area contributed by atoms with Gasteiger partial charge >= 0.3 is 5.97 Å². The number of esters is 1. The van der Waals surface area contributed by atoms with Crippen molar-refractivity contribution in [1.29, 1.82) is 0 Å². The highest BCUT2D eigenvalue weighted by molar-refractivity contribution is 6.10. The number of ether oxygens (including phenoxy) is 1. The van der Waals surface area contributed by atoms with Crippen LogP contribution in [0.4, 0.5) is 5.69 Å². The molecule has 1 heterocycles. The van der Waals surface area contributed by atoms with E-state index < -0.39 is 42.3 Å². The molecular formula is C33H32N2O5. The number of benzene rings is 3. The molecular weight excluding hydrogens is 504 g/mol. The summed E-state index contributed by atoms with van der Waals surface area (Å²) in [6.45, 7) is 5.10. The molecule has 0 saturated carbocycles. The number of anilines is 1. The lowest BCUT2D eigenvalue weighted by Crippen LogP contribution is -2.49. The Morgan fingerprint density at radius 3 is 1.70 bits per heavy atom. The highest BCUT2D eigenvalue weighted by Gasteiger charge is 2.63. The summed E-state index contributed by atoms with van der Waals surface area (Å²) in [6.07, 6.45) is 0.887. The molecule has 3 aromatic rings. The quantitative estimate of drug-likeness (QED) is 0.351. The largest absolute Gasteiger partial charge is 0.454 e. The third kappa shape index (κ3) is 4.03. The third-order valence-electron chi connectivity index (χ3n) is 8.63. The van der Waals surface area contributed by atoms with Crippen LogP contribution < -0.4 is 5.32 Å². The van der Waals surface area contributed by atoms with Gasteiger partial charge in [0.05, 0.1) is 11.8 Å². The third-order valence-corrected chi connectivity index (χ3v) is 8.63. The molecule has 1 fully saturated rings. The van der Waals surface area contributed by atoms with Gasteiger partial charge in [0.1, 0.15) is 6.04 Å². The van der Waals surface area contributed by atoms with Crippen LogP contribution in [0.2, 0.25) is 0 Å². The molecule has 4 aliphatic rings. The summed E-state index contributed by atoms with van der Waals surface area (Å²) < 4.78 is 5.40. The van der Waals surface area contributed by atoms with E-state index in [1.165, 1.54) is 0 Å². The molecule has 3 aliphatic carbocycles. The molecule has 3 amide bonds. The van der Waals surface area contributed by atoms with Crippen LogP contribution in [-0.2, 0) is 30.3 Å². The molecule has 3 atom stereocenters. The molecule has 2 bridgehead atoms. The zero-order chi connectivity index (χ0) is 28.1. The lowest BCUT2D eigenvalue weighted by Gasteiger charge is -2.45. The van der Waals surface area contributed by atoms with Crippen molar-refractivity contribution in [3.05, 3.63) is 101 Å². The van der Waals surface area contributed by atoms with Crippen LogP contribution in [0.5, 0.6) is 0 Å². The number of hydrogen-bond donors (Lipinski definition) is 1. The van der Waals surface area contributed by atoms with Crippen LogP contribution in [0, 0.1) is 17.8 Å². The normalized spacial score (nSPS) is 22.9. The number of carbonyl (C=O) groups is 4. The number of aryl methyl sites for hydroxylation is 1. The monoisotopic (exact) mass is 536 g/mol. The minimum Gasteiger partial charge on any atom is -0.454 e. The smallest absolute Gasteiger partial charge is 0.330 e. The van der Waals surface area contributed by atoms with E-state index in [9.17, 15) is 19.2 Å². The van der Waals surface area contributed by atoms with Crippen LogP contribution in [0.1, 0.15) is 60.4 Å². The minimum atomic E-state index is -1.12. The molecule has 204 valence electrons. The molecule has 0 radical (unpaired) electrons. The van der Waals surface area contributed by atoms with Crippen LogP contribution in [0.25, 0.3) is 0 Å². The number of likely N-dealkylation sites (tertiary alicyclic amines) is 1. The Morgan fingerprint density at radius 2 is 1.27 bits per heavy atom. The Bertz CT molecular complexity index is 1400. The van der Waals surface area contributed by atoms with Crippen LogP contribution in [0.15, 0.2) is 72.8 Å². The predicted molar refractivity (Wildman–Crippen MR) is 149 cm³/mol. The summed E-state index contributed by atoms with van der Waals surface area (Å²) in [7, 11) is 0. The second kappa shape index (κ2) is 10.0. The van der Waals surface area contributed by atoms with Crippen molar-refractivity contribution in [3.63, 3.8) is 0 Å². The molecule has 1 aliphatic heterocycles. The molecule has 7 nitrogen and oxygen atoms in total. The molecule has 40 heavy (non-hydrogen) atoms. The summed E-state index contributed by atoms with van der Waals surface area (Å²) in [5, 5.41) is 2.72. The van der Waals surface area contributed by atoms with E-state index in [1.807, 2.05) is 67.6 Å².